The van der Waals surface area contributed by atoms with Gasteiger partial charge in [-0.1, -0.05) is 0 Å². The number of nitrogens with zero attached hydrogens (tertiary/aromatic N) is 2. The maximum Gasteiger partial charge on any atom is 0.242 e. The fourth-order valence-electron chi connectivity index (χ4n) is 1.78. The van der Waals surface area contributed by atoms with Crippen molar-refractivity contribution in [3.63, 3.8) is 0 Å². The highest BCUT2D eigenvalue weighted by molar-refractivity contribution is 5.84. The monoisotopic (exact) mass is 248 g/mol. The maximum absolute atomic E-state index is 11.9. The van der Waals surface area contributed by atoms with Crippen LogP contribution in [0.5, 0.6) is 0 Å². The van der Waals surface area contributed by atoms with E-state index in [9.17, 15) is 18.4 Å². The molecule has 1 heterocycles. The van der Waals surface area contributed by atoms with Gasteiger partial charge in [-0.25, -0.2) is 8.78 Å². The zero-order valence-electron chi connectivity index (χ0n) is 9.99. The van der Waals surface area contributed by atoms with Crippen LogP contribution in [0.4, 0.5) is 8.78 Å². The number of rotatable bonds is 5. The topological polar surface area (TPSA) is 40.6 Å². The fraction of sp³-hybridized carbons (Fsp3) is 0.818. The zero-order valence-corrected chi connectivity index (χ0v) is 9.99. The summed E-state index contributed by atoms with van der Waals surface area (Å²) in [6.45, 7) is 1.46. The van der Waals surface area contributed by atoms with Crippen molar-refractivity contribution in [2.24, 2.45) is 0 Å². The summed E-state index contributed by atoms with van der Waals surface area (Å²) in [6, 6.07) is 0. The molecule has 0 saturated carbocycles. The Morgan fingerprint density at radius 2 is 1.88 bits per heavy atom. The third-order valence-electron chi connectivity index (χ3n) is 2.83. The van der Waals surface area contributed by atoms with Crippen LogP contribution in [-0.2, 0) is 9.59 Å². The average molecular weight is 248 g/mol. The minimum atomic E-state index is -2.47. The molecule has 0 spiro atoms. The number of amides is 2. The highest BCUT2D eigenvalue weighted by Crippen LogP contribution is 2.09. The smallest absolute Gasteiger partial charge is 0.242 e. The van der Waals surface area contributed by atoms with Gasteiger partial charge in [0.1, 0.15) is 0 Å². The van der Waals surface area contributed by atoms with Gasteiger partial charge in [0.15, 0.2) is 0 Å². The van der Waals surface area contributed by atoms with Crippen molar-refractivity contribution < 1.29 is 18.4 Å². The van der Waals surface area contributed by atoms with Crippen molar-refractivity contribution >= 4 is 11.8 Å². The van der Waals surface area contributed by atoms with E-state index >= 15 is 0 Å². The second-order valence-corrected chi connectivity index (χ2v) is 4.27. The molecule has 0 bridgehead atoms. The Balaban J connectivity index is 2.29. The largest absolute Gasteiger partial charge is 0.341 e. The molecule has 0 aliphatic carbocycles. The van der Waals surface area contributed by atoms with Crippen molar-refractivity contribution in [2.75, 3.05) is 26.7 Å². The lowest BCUT2D eigenvalue weighted by Crippen LogP contribution is -2.39. The van der Waals surface area contributed by atoms with Gasteiger partial charge in [-0.15, -0.1) is 0 Å². The van der Waals surface area contributed by atoms with Gasteiger partial charge in [-0.05, 0) is 12.8 Å². The Kier molecular flexibility index (Phi) is 5.31. The van der Waals surface area contributed by atoms with Crippen molar-refractivity contribution in [3.8, 4) is 0 Å². The Bertz CT molecular complexity index is 279. The SMILES string of the molecule is CN(CC(=O)N1CCCC1)C(=O)CCC(F)F. The summed E-state index contributed by atoms with van der Waals surface area (Å²) >= 11 is 0. The van der Waals surface area contributed by atoms with Crippen molar-refractivity contribution in [3.05, 3.63) is 0 Å². The van der Waals surface area contributed by atoms with Crippen LogP contribution in [0.25, 0.3) is 0 Å². The van der Waals surface area contributed by atoms with E-state index in [-0.39, 0.29) is 18.9 Å². The number of hydrogen-bond donors (Lipinski definition) is 0. The fourth-order valence-corrected chi connectivity index (χ4v) is 1.78. The van der Waals surface area contributed by atoms with E-state index in [4.69, 9.17) is 0 Å². The molecule has 0 aromatic heterocycles. The molecule has 0 unspecified atom stereocenters. The van der Waals surface area contributed by atoms with Gasteiger partial charge in [0, 0.05) is 33.0 Å². The highest BCUT2D eigenvalue weighted by atomic mass is 19.3. The summed E-state index contributed by atoms with van der Waals surface area (Å²) < 4.78 is 23.8. The van der Waals surface area contributed by atoms with Crippen molar-refractivity contribution in [1.29, 1.82) is 0 Å². The maximum atomic E-state index is 11.9. The number of alkyl halides is 2. The van der Waals surface area contributed by atoms with E-state index in [0.717, 1.165) is 25.9 Å². The molecule has 0 radical (unpaired) electrons. The number of hydrogen-bond acceptors (Lipinski definition) is 2. The lowest BCUT2D eigenvalue weighted by Gasteiger charge is -2.21. The Morgan fingerprint density at radius 3 is 2.41 bits per heavy atom. The molecule has 0 N–H and O–H groups in total. The molecule has 98 valence electrons. The van der Waals surface area contributed by atoms with E-state index in [1.165, 1.54) is 11.9 Å². The van der Waals surface area contributed by atoms with Gasteiger partial charge in [0.2, 0.25) is 18.2 Å². The number of carbonyl (C=O) groups is 2. The van der Waals surface area contributed by atoms with Gasteiger partial charge < -0.3 is 9.80 Å². The Labute approximate surface area is 99.6 Å². The molecular formula is C11H18F2N2O2. The lowest BCUT2D eigenvalue weighted by atomic mass is 10.3. The number of carbonyl (C=O) groups excluding carboxylic acids is 2. The van der Waals surface area contributed by atoms with E-state index in [1.54, 1.807) is 4.90 Å². The van der Waals surface area contributed by atoms with Crippen LogP contribution in [-0.4, -0.2) is 54.7 Å². The average Bonchev–Trinajstić information content (AvgIpc) is 2.78. The van der Waals surface area contributed by atoms with Crippen molar-refractivity contribution in [2.45, 2.75) is 32.1 Å². The summed E-state index contributed by atoms with van der Waals surface area (Å²) in [6.07, 6.45) is -1.13. The van der Waals surface area contributed by atoms with Crippen LogP contribution >= 0.6 is 0 Å². The second kappa shape index (κ2) is 6.51. The summed E-state index contributed by atoms with van der Waals surface area (Å²) in [5.74, 6) is -0.506. The van der Waals surface area contributed by atoms with Gasteiger partial charge in [0.25, 0.3) is 0 Å². The standard InChI is InChI=1S/C11H18F2N2O2/c1-14(10(16)5-4-9(12)13)8-11(17)15-6-2-3-7-15/h9H,2-8H2,1H3. The van der Waals surface area contributed by atoms with Crippen LogP contribution in [0.15, 0.2) is 0 Å². The third kappa shape index (κ3) is 4.66. The first-order valence-electron chi connectivity index (χ1n) is 5.80. The molecular weight excluding hydrogens is 230 g/mol. The first kappa shape index (κ1) is 13.9. The van der Waals surface area contributed by atoms with Crippen LogP contribution in [0.3, 0.4) is 0 Å². The zero-order chi connectivity index (χ0) is 12.8. The molecule has 17 heavy (non-hydrogen) atoms. The molecule has 0 aromatic carbocycles. The van der Waals surface area contributed by atoms with Crippen LogP contribution in [0.2, 0.25) is 0 Å². The summed E-state index contributed by atoms with van der Waals surface area (Å²) in [5, 5.41) is 0. The molecule has 1 aliphatic rings. The predicted octanol–water partition coefficient (Wildman–Crippen LogP) is 1.11. The number of likely N-dealkylation sites (tertiary alicyclic amines) is 1. The summed E-state index contributed by atoms with van der Waals surface area (Å²) in [5.41, 5.74) is 0. The van der Waals surface area contributed by atoms with Crippen molar-refractivity contribution in [1.82, 2.24) is 9.80 Å². The first-order chi connectivity index (χ1) is 8.00. The van der Waals surface area contributed by atoms with E-state index in [1.807, 2.05) is 0 Å². The molecule has 2 amide bonds. The minimum Gasteiger partial charge on any atom is -0.341 e. The molecule has 1 saturated heterocycles. The molecule has 4 nitrogen and oxygen atoms in total. The summed E-state index contributed by atoms with van der Waals surface area (Å²) in [4.78, 5) is 26.0. The third-order valence-corrected chi connectivity index (χ3v) is 2.83. The Hall–Kier alpha value is -1.20. The van der Waals surface area contributed by atoms with Gasteiger partial charge >= 0.3 is 0 Å². The molecule has 0 aromatic rings. The molecule has 0 atom stereocenters. The van der Waals surface area contributed by atoms with Gasteiger partial charge in [-0.2, -0.15) is 0 Å². The van der Waals surface area contributed by atoms with Gasteiger partial charge in [0.05, 0.1) is 6.54 Å². The molecule has 1 rings (SSSR count). The minimum absolute atomic E-state index is 0.0118. The van der Waals surface area contributed by atoms with E-state index in [2.05, 4.69) is 0 Å². The summed E-state index contributed by atoms with van der Waals surface area (Å²) in [7, 11) is 1.47. The quantitative estimate of drug-likeness (QED) is 0.731. The van der Waals surface area contributed by atoms with Gasteiger partial charge in [-0.3, -0.25) is 9.59 Å². The van der Waals surface area contributed by atoms with E-state index in [0.29, 0.717) is 0 Å². The first-order valence-corrected chi connectivity index (χ1v) is 5.80. The highest BCUT2D eigenvalue weighted by Gasteiger charge is 2.21. The normalized spacial score (nSPS) is 15.4. The molecule has 1 aliphatic heterocycles. The number of halogens is 2. The molecule has 1 fully saturated rings. The number of likely N-dealkylation sites (N-methyl/N-ethyl adjacent to an activating group) is 1. The predicted molar refractivity (Wildman–Crippen MR) is 58.7 cm³/mol. The van der Waals surface area contributed by atoms with Crippen LogP contribution in [0, 0.1) is 0 Å². The van der Waals surface area contributed by atoms with E-state index < -0.39 is 18.8 Å². The second-order valence-electron chi connectivity index (χ2n) is 4.27. The molecule has 6 heteroatoms. The van der Waals surface area contributed by atoms with Crippen LogP contribution < -0.4 is 0 Å². The Morgan fingerprint density at radius 1 is 1.29 bits per heavy atom. The van der Waals surface area contributed by atoms with Crippen LogP contribution in [0.1, 0.15) is 25.7 Å². The lowest BCUT2D eigenvalue weighted by molar-refractivity contribution is -0.139.